The summed E-state index contributed by atoms with van der Waals surface area (Å²) in [6.45, 7) is 4.97. The molecular weight excluding hydrogens is 336 g/mol. The van der Waals surface area contributed by atoms with Crippen molar-refractivity contribution >= 4 is 32.9 Å². The van der Waals surface area contributed by atoms with Gasteiger partial charge in [0.1, 0.15) is 11.5 Å². The second kappa shape index (κ2) is 6.25. The number of thiol groups is 1. The molecule has 0 bridgehead atoms. The number of benzene rings is 1. The molecule has 0 aliphatic carbocycles. The topological polar surface area (TPSA) is 109 Å². The first kappa shape index (κ1) is 18.4. The van der Waals surface area contributed by atoms with Gasteiger partial charge >= 0.3 is 0 Å². The summed E-state index contributed by atoms with van der Waals surface area (Å²) in [6.07, 6.45) is 0. The Balaban J connectivity index is 3.70. The fourth-order valence-corrected chi connectivity index (χ4v) is 4.50. The highest BCUT2D eigenvalue weighted by atomic mass is 32.2. The van der Waals surface area contributed by atoms with E-state index in [-0.39, 0.29) is 5.75 Å². The van der Waals surface area contributed by atoms with Crippen LogP contribution in [-0.4, -0.2) is 25.9 Å². The van der Waals surface area contributed by atoms with Crippen LogP contribution in [0.25, 0.3) is 0 Å². The van der Waals surface area contributed by atoms with Crippen molar-refractivity contribution in [3.63, 3.8) is 0 Å². The van der Waals surface area contributed by atoms with Gasteiger partial charge in [-0.15, -0.1) is 0 Å². The van der Waals surface area contributed by atoms with Gasteiger partial charge in [0.25, 0.3) is 20.2 Å². The number of hydrogen-bond donors (Lipinski definition) is 3. The molecule has 6 nitrogen and oxygen atoms in total. The van der Waals surface area contributed by atoms with Crippen molar-refractivity contribution in [3.05, 3.63) is 33.4 Å². The molecule has 0 spiro atoms. The maximum absolute atomic E-state index is 11.2. The average molecular weight is 354 g/mol. The van der Waals surface area contributed by atoms with Crippen LogP contribution >= 0.6 is 12.6 Å². The standard InChI is InChI=1S/C12H18O6S3/c1-7-10(4-19)8(2)12(6-21(16,17)18)9(3)11(7)5-20(13,14)15/h19H,4-6H2,1-3H3,(H,13,14,15)(H,16,17,18). The summed E-state index contributed by atoms with van der Waals surface area (Å²) in [5, 5.41) is 0. The molecule has 1 aromatic rings. The minimum atomic E-state index is -4.26. The van der Waals surface area contributed by atoms with Gasteiger partial charge in [0, 0.05) is 5.75 Å². The molecule has 0 unspecified atom stereocenters. The van der Waals surface area contributed by atoms with E-state index in [2.05, 4.69) is 12.6 Å². The lowest BCUT2D eigenvalue weighted by Gasteiger charge is -2.20. The Kier molecular flexibility index (Phi) is 5.49. The molecule has 120 valence electrons. The van der Waals surface area contributed by atoms with Gasteiger partial charge in [0.05, 0.1) is 0 Å². The summed E-state index contributed by atoms with van der Waals surface area (Å²) in [4.78, 5) is 0. The van der Waals surface area contributed by atoms with Crippen molar-refractivity contribution in [1.29, 1.82) is 0 Å². The molecule has 0 aliphatic heterocycles. The van der Waals surface area contributed by atoms with E-state index in [1.54, 1.807) is 20.8 Å². The van der Waals surface area contributed by atoms with Crippen molar-refractivity contribution in [3.8, 4) is 0 Å². The molecule has 0 fully saturated rings. The minimum absolute atomic E-state index is 0.287. The minimum Gasteiger partial charge on any atom is -0.285 e. The quantitative estimate of drug-likeness (QED) is 0.550. The monoisotopic (exact) mass is 354 g/mol. The zero-order chi connectivity index (χ0) is 16.6. The van der Waals surface area contributed by atoms with E-state index in [0.717, 1.165) is 0 Å². The summed E-state index contributed by atoms with van der Waals surface area (Å²) >= 11 is 4.18. The Labute approximate surface area is 130 Å². The van der Waals surface area contributed by atoms with Crippen LogP contribution in [0.1, 0.15) is 33.4 Å². The summed E-state index contributed by atoms with van der Waals surface area (Å²) in [5.74, 6) is -0.927. The van der Waals surface area contributed by atoms with E-state index in [9.17, 15) is 16.8 Å². The third-order valence-corrected chi connectivity index (χ3v) is 5.15. The first-order chi connectivity index (χ1) is 9.37. The van der Waals surface area contributed by atoms with Crippen LogP contribution in [0.5, 0.6) is 0 Å². The van der Waals surface area contributed by atoms with E-state index >= 15 is 0 Å². The van der Waals surface area contributed by atoms with Gasteiger partial charge in [-0.1, -0.05) is 0 Å². The smallest absolute Gasteiger partial charge is 0.269 e. The lowest BCUT2D eigenvalue weighted by molar-refractivity contribution is 0.480. The van der Waals surface area contributed by atoms with Crippen molar-refractivity contribution in [2.75, 3.05) is 0 Å². The maximum atomic E-state index is 11.2. The first-order valence-electron chi connectivity index (χ1n) is 5.99. The largest absolute Gasteiger partial charge is 0.285 e. The van der Waals surface area contributed by atoms with Gasteiger partial charge in [-0.05, 0) is 54.2 Å². The summed E-state index contributed by atoms with van der Waals surface area (Å²) < 4.78 is 62.7. The van der Waals surface area contributed by atoms with Crippen LogP contribution in [0.3, 0.4) is 0 Å². The zero-order valence-electron chi connectivity index (χ0n) is 11.9. The van der Waals surface area contributed by atoms with Gasteiger partial charge < -0.3 is 0 Å². The van der Waals surface area contributed by atoms with E-state index in [0.29, 0.717) is 33.4 Å². The van der Waals surface area contributed by atoms with Gasteiger partial charge in [-0.2, -0.15) is 29.5 Å². The molecule has 1 aromatic carbocycles. The zero-order valence-corrected chi connectivity index (χ0v) is 14.4. The predicted molar refractivity (Wildman–Crippen MR) is 83.8 cm³/mol. The van der Waals surface area contributed by atoms with Gasteiger partial charge in [0.2, 0.25) is 0 Å². The van der Waals surface area contributed by atoms with Crippen LogP contribution in [0.2, 0.25) is 0 Å². The van der Waals surface area contributed by atoms with E-state index in [4.69, 9.17) is 9.11 Å². The number of hydrogen-bond acceptors (Lipinski definition) is 5. The van der Waals surface area contributed by atoms with E-state index in [1.807, 2.05) is 0 Å². The van der Waals surface area contributed by atoms with E-state index in [1.165, 1.54) is 0 Å². The van der Waals surface area contributed by atoms with Crippen molar-refractivity contribution in [2.45, 2.75) is 38.0 Å². The molecule has 0 aliphatic rings. The Morgan fingerprint density at radius 2 is 1.05 bits per heavy atom. The Morgan fingerprint density at radius 3 is 1.29 bits per heavy atom. The van der Waals surface area contributed by atoms with Gasteiger partial charge in [0.15, 0.2) is 0 Å². The Hall–Kier alpha value is -0.610. The Morgan fingerprint density at radius 1 is 0.762 bits per heavy atom. The number of rotatable bonds is 5. The summed E-state index contributed by atoms with van der Waals surface area (Å²) in [5.41, 5.74) is 3.11. The highest BCUT2D eigenvalue weighted by molar-refractivity contribution is 7.85. The Bertz CT molecular complexity index is 702. The molecular formula is C12H18O6S3. The van der Waals surface area contributed by atoms with Crippen molar-refractivity contribution in [1.82, 2.24) is 0 Å². The van der Waals surface area contributed by atoms with Crippen LogP contribution in [0.4, 0.5) is 0 Å². The third-order valence-electron chi connectivity index (χ3n) is 3.53. The summed E-state index contributed by atoms with van der Waals surface area (Å²) in [7, 11) is -8.51. The van der Waals surface area contributed by atoms with Crippen molar-refractivity contribution in [2.24, 2.45) is 0 Å². The molecule has 1 rings (SSSR count). The van der Waals surface area contributed by atoms with Crippen LogP contribution in [0.15, 0.2) is 0 Å². The molecule has 0 heterocycles. The van der Waals surface area contributed by atoms with Crippen LogP contribution < -0.4 is 0 Å². The van der Waals surface area contributed by atoms with Crippen LogP contribution in [-0.2, 0) is 37.5 Å². The fourth-order valence-electron chi connectivity index (χ4n) is 2.43. The molecule has 0 atom stereocenters. The molecule has 0 radical (unpaired) electrons. The van der Waals surface area contributed by atoms with Gasteiger partial charge in [-0.25, -0.2) is 0 Å². The molecule has 0 saturated heterocycles. The normalized spacial score (nSPS) is 12.7. The van der Waals surface area contributed by atoms with Crippen molar-refractivity contribution < 1.29 is 25.9 Å². The summed E-state index contributed by atoms with van der Waals surface area (Å²) in [6, 6.07) is 0. The maximum Gasteiger partial charge on any atom is 0.269 e. The lowest BCUT2D eigenvalue weighted by Crippen LogP contribution is -2.13. The molecule has 0 amide bonds. The molecule has 2 N–H and O–H groups in total. The molecule has 9 heteroatoms. The second-order valence-electron chi connectivity index (χ2n) is 4.92. The highest BCUT2D eigenvalue weighted by Gasteiger charge is 2.22. The van der Waals surface area contributed by atoms with E-state index < -0.39 is 31.7 Å². The average Bonchev–Trinajstić information content (AvgIpc) is 2.29. The van der Waals surface area contributed by atoms with Gasteiger partial charge in [-0.3, -0.25) is 9.11 Å². The highest BCUT2D eigenvalue weighted by Crippen LogP contribution is 2.30. The SMILES string of the molecule is Cc1c(CS)c(C)c(CS(=O)(=O)O)c(C)c1CS(=O)(=O)O. The lowest BCUT2D eigenvalue weighted by atomic mass is 9.90. The molecule has 21 heavy (non-hydrogen) atoms. The molecule has 0 aromatic heterocycles. The fraction of sp³-hybridized carbons (Fsp3) is 0.500. The molecule has 0 saturated carbocycles. The predicted octanol–water partition coefficient (Wildman–Crippen LogP) is 1.82. The third kappa shape index (κ3) is 4.68. The van der Waals surface area contributed by atoms with Crippen LogP contribution in [0, 0.1) is 20.8 Å². The first-order valence-corrected chi connectivity index (χ1v) is 9.84. The second-order valence-corrected chi connectivity index (χ2v) is 8.14.